The van der Waals surface area contributed by atoms with E-state index in [9.17, 15) is 5.21 Å². The predicted molar refractivity (Wildman–Crippen MR) is 61.5 cm³/mol. The molecule has 0 bridgehead atoms. The zero-order valence-electron chi connectivity index (χ0n) is 8.73. The van der Waals surface area contributed by atoms with Crippen molar-refractivity contribution in [2.45, 2.75) is 13.3 Å². The summed E-state index contributed by atoms with van der Waals surface area (Å²) in [6, 6.07) is 7.80. The minimum absolute atomic E-state index is 0.727. The zero-order chi connectivity index (χ0) is 10.8. The van der Waals surface area contributed by atoms with Crippen LogP contribution in [0.5, 0.6) is 0 Å². The molecule has 0 spiro atoms. The summed E-state index contributed by atoms with van der Waals surface area (Å²) in [6.07, 6.45) is 4.08. The smallest absolute Gasteiger partial charge is 0.227 e. The van der Waals surface area contributed by atoms with Crippen LogP contribution in [0.15, 0.2) is 43.1 Å². The minimum atomic E-state index is 0.727. The summed E-state index contributed by atoms with van der Waals surface area (Å²) in [5.74, 6) is 0. The van der Waals surface area contributed by atoms with Crippen LogP contribution in [0.25, 0.3) is 10.9 Å². The standard InChI is InChI=1S/C13H13NO/c1-3-5-11-8-10(2)9-12-6-4-7-14(15)13(11)12/h3-4,6-9H,1,5H2,2H3. The molecule has 0 saturated heterocycles. The lowest BCUT2D eigenvalue weighted by Crippen LogP contribution is -2.27. The van der Waals surface area contributed by atoms with Crippen LogP contribution in [0.1, 0.15) is 11.1 Å². The molecule has 2 rings (SSSR count). The number of rotatable bonds is 2. The van der Waals surface area contributed by atoms with Crippen molar-refractivity contribution in [3.8, 4) is 0 Å². The van der Waals surface area contributed by atoms with E-state index in [4.69, 9.17) is 0 Å². The Morgan fingerprint density at radius 1 is 1.47 bits per heavy atom. The van der Waals surface area contributed by atoms with E-state index < -0.39 is 0 Å². The highest BCUT2D eigenvalue weighted by Gasteiger charge is 2.09. The molecule has 1 aromatic heterocycles. The van der Waals surface area contributed by atoms with E-state index in [0.717, 1.165) is 27.6 Å². The second kappa shape index (κ2) is 3.73. The van der Waals surface area contributed by atoms with Crippen LogP contribution < -0.4 is 4.73 Å². The van der Waals surface area contributed by atoms with Gasteiger partial charge in [-0.2, -0.15) is 4.73 Å². The molecule has 2 heteroatoms. The van der Waals surface area contributed by atoms with Gasteiger partial charge in [-0.05, 0) is 37.1 Å². The SMILES string of the molecule is C=CCc1cc(C)cc2ccc[n+]([O-])c12. The van der Waals surface area contributed by atoms with Crippen molar-refractivity contribution in [3.63, 3.8) is 0 Å². The van der Waals surface area contributed by atoms with Gasteiger partial charge in [0.1, 0.15) is 0 Å². The Morgan fingerprint density at radius 3 is 3.00 bits per heavy atom. The number of aromatic nitrogens is 1. The number of fused-ring (bicyclic) bond motifs is 1. The molecule has 0 aliphatic rings. The van der Waals surface area contributed by atoms with Crippen LogP contribution in [0.2, 0.25) is 0 Å². The fraction of sp³-hybridized carbons (Fsp3) is 0.154. The van der Waals surface area contributed by atoms with Crippen molar-refractivity contribution in [2.24, 2.45) is 0 Å². The van der Waals surface area contributed by atoms with Crippen LogP contribution in [0, 0.1) is 12.1 Å². The Kier molecular flexibility index (Phi) is 2.42. The van der Waals surface area contributed by atoms with Gasteiger partial charge in [-0.25, -0.2) is 0 Å². The van der Waals surface area contributed by atoms with Gasteiger partial charge in [0.05, 0.1) is 0 Å². The molecule has 0 aliphatic carbocycles. The van der Waals surface area contributed by atoms with Crippen LogP contribution in [0.3, 0.4) is 0 Å². The highest BCUT2D eigenvalue weighted by Crippen LogP contribution is 2.18. The minimum Gasteiger partial charge on any atom is -0.618 e. The van der Waals surface area contributed by atoms with E-state index in [1.807, 2.05) is 31.2 Å². The second-order valence-corrected chi connectivity index (χ2v) is 3.69. The van der Waals surface area contributed by atoms with E-state index in [1.165, 1.54) is 11.8 Å². The maximum atomic E-state index is 11.7. The Balaban J connectivity index is 2.81. The lowest BCUT2D eigenvalue weighted by Gasteiger charge is -2.06. The van der Waals surface area contributed by atoms with E-state index in [0.29, 0.717) is 0 Å². The Labute approximate surface area is 89.1 Å². The third-order valence-corrected chi connectivity index (χ3v) is 2.44. The first-order valence-corrected chi connectivity index (χ1v) is 4.94. The molecule has 0 N–H and O–H groups in total. The number of hydrogen-bond donors (Lipinski definition) is 0. The van der Waals surface area contributed by atoms with Gasteiger partial charge >= 0.3 is 0 Å². The third-order valence-electron chi connectivity index (χ3n) is 2.44. The van der Waals surface area contributed by atoms with Crippen LogP contribution in [0.4, 0.5) is 0 Å². The molecule has 76 valence electrons. The summed E-state index contributed by atoms with van der Waals surface area (Å²) in [7, 11) is 0. The topological polar surface area (TPSA) is 26.9 Å². The van der Waals surface area contributed by atoms with Gasteiger partial charge in [0.2, 0.25) is 5.52 Å². The van der Waals surface area contributed by atoms with Crippen LogP contribution in [-0.2, 0) is 6.42 Å². The lowest BCUT2D eigenvalue weighted by molar-refractivity contribution is -0.577. The van der Waals surface area contributed by atoms with Crippen molar-refractivity contribution in [1.82, 2.24) is 0 Å². The first-order chi connectivity index (χ1) is 7.22. The summed E-state index contributed by atoms with van der Waals surface area (Å²) in [4.78, 5) is 0. The van der Waals surface area contributed by atoms with Crippen molar-refractivity contribution in [2.75, 3.05) is 0 Å². The van der Waals surface area contributed by atoms with Gasteiger partial charge in [-0.15, -0.1) is 6.58 Å². The first-order valence-electron chi connectivity index (χ1n) is 4.94. The monoisotopic (exact) mass is 199 g/mol. The van der Waals surface area contributed by atoms with Crippen LogP contribution >= 0.6 is 0 Å². The average molecular weight is 199 g/mol. The number of aryl methyl sites for hydroxylation is 1. The highest BCUT2D eigenvalue weighted by molar-refractivity contribution is 5.80. The number of pyridine rings is 1. The Morgan fingerprint density at radius 2 is 2.27 bits per heavy atom. The summed E-state index contributed by atoms with van der Waals surface area (Å²) < 4.78 is 0.924. The molecule has 1 aromatic carbocycles. The fourth-order valence-corrected chi connectivity index (χ4v) is 1.89. The van der Waals surface area contributed by atoms with Crippen LogP contribution in [-0.4, -0.2) is 0 Å². The summed E-state index contributed by atoms with van der Waals surface area (Å²) in [5.41, 5.74) is 2.96. The number of allylic oxidation sites excluding steroid dienone is 1. The summed E-state index contributed by atoms with van der Waals surface area (Å²) >= 11 is 0. The van der Waals surface area contributed by atoms with Gasteiger partial charge in [0, 0.05) is 17.0 Å². The predicted octanol–water partition coefficient (Wildman–Crippen LogP) is 2.51. The quantitative estimate of drug-likeness (QED) is 0.415. The maximum Gasteiger partial charge on any atom is 0.227 e. The third kappa shape index (κ3) is 1.71. The Hall–Kier alpha value is -1.83. The van der Waals surface area contributed by atoms with Crippen molar-refractivity contribution in [3.05, 3.63) is 59.5 Å². The highest BCUT2D eigenvalue weighted by atomic mass is 16.5. The van der Waals surface area contributed by atoms with E-state index >= 15 is 0 Å². The number of benzene rings is 1. The van der Waals surface area contributed by atoms with Gasteiger partial charge in [-0.3, -0.25) is 0 Å². The van der Waals surface area contributed by atoms with Gasteiger partial charge in [0.25, 0.3) is 0 Å². The maximum absolute atomic E-state index is 11.7. The van der Waals surface area contributed by atoms with E-state index in [-0.39, 0.29) is 0 Å². The van der Waals surface area contributed by atoms with Gasteiger partial charge in [-0.1, -0.05) is 6.08 Å². The van der Waals surface area contributed by atoms with E-state index in [2.05, 4.69) is 6.58 Å². The van der Waals surface area contributed by atoms with Crippen molar-refractivity contribution < 1.29 is 4.73 Å². The molecule has 0 aliphatic heterocycles. The van der Waals surface area contributed by atoms with Gasteiger partial charge < -0.3 is 5.21 Å². The molecule has 15 heavy (non-hydrogen) atoms. The molecular formula is C13H13NO. The number of hydrogen-bond acceptors (Lipinski definition) is 1. The lowest BCUT2D eigenvalue weighted by atomic mass is 10.0. The molecule has 2 aromatic rings. The molecule has 0 amide bonds. The normalized spacial score (nSPS) is 10.5. The molecule has 2 nitrogen and oxygen atoms in total. The molecule has 0 unspecified atom stereocenters. The summed E-state index contributed by atoms with van der Waals surface area (Å²) in [6.45, 7) is 5.75. The van der Waals surface area contributed by atoms with Gasteiger partial charge in [0.15, 0.2) is 6.20 Å². The van der Waals surface area contributed by atoms with Crippen molar-refractivity contribution in [1.29, 1.82) is 0 Å². The number of nitrogens with zero attached hydrogens (tertiary/aromatic N) is 1. The molecule has 0 saturated carbocycles. The average Bonchev–Trinajstić information content (AvgIpc) is 2.17. The van der Waals surface area contributed by atoms with E-state index in [1.54, 1.807) is 6.07 Å². The molecule has 0 radical (unpaired) electrons. The molecule has 0 fully saturated rings. The van der Waals surface area contributed by atoms with Crippen molar-refractivity contribution >= 4 is 10.9 Å². The molecular weight excluding hydrogens is 186 g/mol. The Bertz CT molecular complexity index is 517. The first kappa shape index (κ1) is 9.71. The zero-order valence-corrected chi connectivity index (χ0v) is 8.73. The molecule has 0 atom stereocenters. The largest absolute Gasteiger partial charge is 0.618 e. The second-order valence-electron chi connectivity index (χ2n) is 3.69. The summed E-state index contributed by atoms with van der Waals surface area (Å²) in [5, 5.41) is 12.7. The molecule has 1 heterocycles. The fourth-order valence-electron chi connectivity index (χ4n) is 1.89.